The van der Waals surface area contributed by atoms with Gasteiger partial charge in [0.2, 0.25) is 0 Å². The number of aromatic nitrogens is 4. The lowest BCUT2D eigenvalue weighted by Gasteiger charge is -2.10. The molecule has 0 fully saturated rings. The van der Waals surface area contributed by atoms with Gasteiger partial charge in [-0.15, -0.1) is 5.10 Å². The molecule has 9 nitrogen and oxygen atoms in total. The Morgan fingerprint density at radius 3 is 2.54 bits per heavy atom. The van der Waals surface area contributed by atoms with Crippen LogP contribution in [0, 0.1) is 0 Å². The Bertz CT molecular complexity index is 951. The van der Waals surface area contributed by atoms with E-state index in [1.807, 2.05) is 6.92 Å². The van der Waals surface area contributed by atoms with E-state index in [1.54, 1.807) is 53.5 Å². The maximum absolute atomic E-state index is 11.9. The molecule has 0 aliphatic rings. The number of hydrogen-bond donors (Lipinski definition) is 1. The van der Waals surface area contributed by atoms with Crippen LogP contribution in [0.4, 0.5) is 0 Å². The standard InChI is InChI=1S/C19H21N5O4/c1-2-27-15-4-6-16(7-5-15)28-14-18(25)20-11-13-24-19(26)9-8-17(22-24)23-12-3-10-21-23/h3-10,12H,2,11,13-14H2,1H3,(H,20,25). The highest BCUT2D eigenvalue weighted by Gasteiger charge is 2.06. The SMILES string of the molecule is CCOc1ccc(OCC(=O)NCCn2nc(-n3cccn3)ccc2=O)cc1. The van der Waals surface area contributed by atoms with Crippen LogP contribution in [-0.2, 0) is 11.3 Å². The summed E-state index contributed by atoms with van der Waals surface area (Å²) in [7, 11) is 0. The summed E-state index contributed by atoms with van der Waals surface area (Å²) in [6.07, 6.45) is 3.36. The van der Waals surface area contributed by atoms with Crippen LogP contribution >= 0.6 is 0 Å². The van der Waals surface area contributed by atoms with Crippen LogP contribution in [0.5, 0.6) is 11.5 Å². The van der Waals surface area contributed by atoms with E-state index in [0.717, 1.165) is 5.75 Å². The second-order valence-corrected chi connectivity index (χ2v) is 5.75. The molecule has 28 heavy (non-hydrogen) atoms. The lowest BCUT2D eigenvalue weighted by atomic mass is 10.3. The molecule has 2 aromatic heterocycles. The molecule has 0 spiro atoms. The number of nitrogens with one attached hydrogen (secondary N) is 1. The molecule has 1 N–H and O–H groups in total. The Balaban J connectivity index is 1.46. The molecule has 0 saturated heterocycles. The molecule has 0 atom stereocenters. The number of carbonyl (C=O) groups is 1. The van der Waals surface area contributed by atoms with Gasteiger partial charge in [0.1, 0.15) is 11.5 Å². The van der Waals surface area contributed by atoms with E-state index < -0.39 is 0 Å². The van der Waals surface area contributed by atoms with Crippen LogP contribution in [0.3, 0.4) is 0 Å². The van der Waals surface area contributed by atoms with E-state index in [-0.39, 0.29) is 31.2 Å². The maximum atomic E-state index is 11.9. The predicted octanol–water partition coefficient (Wildman–Crippen LogP) is 1.02. The summed E-state index contributed by atoms with van der Waals surface area (Å²) in [6, 6.07) is 11.8. The Kier molecular flexibility index (Phi) is 6.40. The zero-order chi connectivity index (χ0) is 19.8. The zero-order valence-corrected chi connectivity index (χ0v) is 15.4. The van der Waals surface area contributed by atoms with E-state index in [4.69, 9.17) is 9.47 Å². The minimum Gasteiger partial charge on any atom is -0.494 e. The Morgan fingerprint density at radius 2 is 1.86 bits per heavy atom. The van der Waals surface area contributed by atoms with Crippen molar-refractivity contribution in [3.8, 4) is 17.3 Å². The molecular formula is C19H21N5O4. The average Bonchev–Trinajstić information content (AvgIpc) is 3.24. The number of ether oxygens (including phenoxy) is 2. The average molecular weight is 383 g/mol. The molecule has 9 heteroatoms. The summed E-state index contributed by atoms with van der Waals surface area (Å²) in [5.74, 6) is 1.55. The van der Waals surface area contributed by atoms with Gasteiger partial charge in [0.05, 0.1) is 13.2 Å². The minimum atomic E-state index is -0.287. The fourth-order valence-corrected chi connectivity index (χ4v) is 2.42. The van der Waals surface area contributed by atoms with Crippen molar-refractivity contribution in [1.29, 1.82) is 0 Å². The maximum Gasteiger partial charge on any atom is 0.266 e. The molecule has 0 aliphatic heterocycles. The first-order valence-electron chi connectivity index (χ1n) is 8.86. The van der Waals surface area contributed by atoms with Gasteiger partial charge in [0.15, 0.2) is 12.4 Å². The number of nitrogens with zero attached hydrogens (tertiary/aromatic N) is 4. The van der Waals surface area contributed by atoms with E-state index in [9.17, 15) is 9.59 Å². The third-order valence-corrected chi connectivity index (χ3v) is 3.74. The van der Waals surface area contributed by atoms with Gasteiger partial charge in [-0.25, -0.2) is 9.36 Å². The molecule has 146 valence electrons. The smallest absolute Gasteiger partial charge is 0.266 e. The fourth-order valence-electron chi connectivity index (χ4n) is 2.42. The first kappa shape index (κ1) is 19.2. The van der Waals surface area contributed by atoms with Crippen molar-refractivity contribution in [3.05, 3.63) is 65.2 Å². The second kappa shape index (κ2) is 9.36. The summed E-state index contributed by atoms with van der Waals surface area (Å²) in [5, 5.41) is 11.0. The van der Waals surface area contributed by atoms with Crippen LogP contribution in [0.2, 0.25) is 0 Å². The number of carbonyl (C=O) groups excluding carboxylic acids is 1. The van der Waals surface area contributed by atoms with Gasteiger partial charge < -0.3 is 14.8 Å². The molecule has 1 amide bonds. The fraction of sp³-hybridized carbons (Fsp3) is 0.263. The van der Waals surface area contributed by atoms with Gasteiger partial charge in [-0.05, 0) is 43.3 Å². The summed E-state index contributed by atoms with van der Waals surface area (Å²) < 4.78 is 13.6. The van der Waals surface area contributed by atoms with Crippen molar-refractivity contribution in [1.82, 2.24) is 24.9 Å². The summed E-state index contributed by atoms with van der Waals surface area (Å²) in [6.45, 7) is 2.87. The van der Waals surface area contributed by atoms with Gasteiger partial charge in [-0.2, -0.15) is 5.10 Å². The van der Waals surface area contributed by atoms with Crippen molar-refractivity contribution < 1.29 is 14.3 Å². The Morgan fingerprint density at radius 1 is 1.11 bits per heavy atom. The Hall–Kier alpha value is -3.62. The predicted molar refractivity (Wildman–Crippen MR) is 102 cm³/mol. The summed E-state index contributed by atoms with van der Waals surface area (Å²) in [4.78, 5) is 23.9. The van der Waals surface area contributed by atoms with Crippen molar-refractivity contribution in [2.45, 2.75) is 13.5 Å². The zero-order valence-electron chi connectivity index (χ0n) is 15.4. The minimum absolute atomic E-state index is 0.121. The molecule has 3 aromatic rings. The number of hydrogen-bond acceptors (Lipinski definition) is 6. The van der Waals surface area contributed by atoms with E-state index >= 15 is 0 Å². The largest absolute Gasteiger partial charge is 0.494 e. The van der Waals surface area contributed by atoms with Gasteiger partial charge in [-0.3, -0.25) is 9.59 Å². The highest BCUT2D eigenvalue weighted by molar-refractivity contribution is 5.77. The lowest BCUT2D eigenvalue weighted by molar-refractivity contribution is -0.123. The number of rotatable bonds is 9. The van der Waals surface area contributed by atoms with Gasteiger partial charge in [0.25, 0.3) is 11.5 Å². The summed E-state index contributed by atoms with van der Waals surface area (Å²) in [5.41, 5.74) is -0.254. The molecule has 1 aromatic carbocycles. The molecule has 3 rings (SSSR count). The second-order valence-electron chi connectivity index (χ2n) is 5.75. The molecule has 0 bridgehead atoms. The van der Waals surface area contributed by atoms with Crippen molar-refractivity contribution >= 4 is 5.91 Å². The van der Waals surface area contributed by atoms with Crippen LogP contribution in [0.1, 0.15) is 6.92 Å². The molecule has 0 aliphatic carbocycles. The van der Waals surface area contributed by atoms with E-state index in [1.165, 1.54) is 10.7 Å². The van der Waals surface area contributed by atoms with Crippen LogP contribution in [0.15, 0.2) is 59.7 Å². The molecule has 0 saturated carbocycles. The highest BCUT2D eigenvalue weighted by Crippen LogP contribution is 2.17. The van der Waals surface area contributed by atoms with Gasteiger partial charge >= 0.3 is 0 Å². The lowest BCUT2D eigenvalue weighted by Crippen LogP contribution is -2.34. The number of benzene rings is 1. The molecule has 0 unspecified atom stereocenters. The van der Waals surface area contributed by atoms with Gasteiger partial charge in [-0.1, -0.05) is 0 Å². The summed E-state index contributed by atoms with van der Waals surface area (Å²) >= 11 is 0. The number of amides is 1. The van der Waals surface area contributed by atoms with Crippen molar-refractivity contribution in [2.75, 3.05) is 19.8 Å². The Labute approximate surface area is 161 Å². The third kappa shape index (κ3) is 5.19. The topological polar surface area (TPSA) is 100 Å². The first-order chi connectivity index (χ1) is 13.7. The molecule has 2 heterocycles. The normalized spacial score (nSPS) is 10.5. The van der Waals surface area contributed by atoms with Crippen molar-refractivity contribution in [2.24, 2.45) is 0 Å². The van der Waals surface area contributed by atoms with Gasteiger partial charge in [0, 0.05) is 25.0 Å². The molecular weight excluding hydrogens is 362 g/mol. The van der Waals surface area contributed by atoms with E-state index in [0.29, 0.717) is 18.2 Å². The monoisotopic (exact) mass is 383 g/mol. The quantitative estimate of drug-likeness (QED) is 0.592. The van der Waals surface area contributed by atoms with E-state index in [2.05, 4.69) is 15.5 Å². The first-order valence-corrected chi connectivity index (χ1v) is 8.86. The van der Waals surface area contributed by atoms with Crippen LogP contribution < -0.4 is 20.3 Å². The van der Waals surface area contributed by atoms with Crippen LogP contribution in [0.25, 0.3) is 5.82 Å². The third-order valence-electron chi connectivity index (χ3n) is 3.74. The van der Waals surface area contributed by atoms with Crippen LogP contribution in [-0.4, -0.2) is 45.2 Å². The van der Waals surface area contributed by atoms with Crippen molar-refractivity contribution in [3.63, 3.8) is 0 Å². The highest BCUT2D eigenvalue weighted by atomic mass is 16.5. The molecule has 0 radical (unpaired) electrons.